The molecule has 1 aliphatic heterocycles. The summed E-state index contributed by atoms with van der Waals surface area (Å²) in [6.07, 6.45) is 5.44. The molecule has 3 nitrogen and oxygen atoms in total. The molecule has 2 heterocycles. The van der Waals surface area contributed by atoms with Crippen LogP contribution in [0.5, 0.6) is 0 Å². The number of rotatable bonds is 8. The molecule has 0 saturated carbocycles. The number of aromatic nitrogens is 1. The third-order valence-electron chi connectivity index (χ3n) is 5.91. The van der Waals surface area contributed by atoms with Gasteiger partial charge >= 0.3 is 0 Å². The lowest BCUT2D eigenvalue weighted by Crippen LogP contribution is -2.25. The van der Waals surface area contributed by atoms with Gasteiger partial charge in [-0.15, -0.1) is 0 Å². The van der Waals surface area contributed by atoms with E-state index in [0.29, 0.717) is 12.1 Å². The zero-order valence-electron chi connectivity index (χ0n) is 18.7. The molecule has 1 aromatic heterocycles. The largest absolute Gasteiger partial charge is 0.357 e. The minimum atomic E-state index is -0.549. The van der Waals surface area contributed by atoms with Gasteiger partial charge < -0.3 is 4.90 Å². The summed E-state index contributed by atoms with van der Waals surface area (Å²) < 4.78 is 28.2. The van der Waals surface area contributed by atoms with E-state index in [-0.39, 0.29) is 11.6 Å². The van der Waals surface area contributed by atoms with Gasteiger partial charge in [0, 0.05) is 30.6 Å². The lowest BCUT2D eigenvalue weighted by molar-refractivity contribution is 0.578. The number of halogens is 2. The molecule has 0 saturated heterocycles. The molecule has 0 fully saturated rings. The van der Waals surface area contributed by atoms with Crippen molar-refractivity contribution >= 4 is 11.5 Å². The number of pyridine rings is 1. The van der Waals surface area contributed by atoms with Crippen LogP contribution in [0.4, 0.5) is 14.6 Å². The van der Waals surface area contributed by atoms with Crippen LogP contribution in [0.1, 0.15) is 56.7 Å². The second kappa shape index (κ2) is 10.0. The van der Waals surface area contributed by atoms with Crippen LogP contribution in [-0.4, -0.2) is 23.8 Å². The second-order valence-electron chi connectivity index (χ2n) is 8.24. The highest BCUT2D eigenvalue weighted by molar-refractivity contribution is 6.02. The Morgan fingerprint density at radius 1 is 0.875 bits per heavy atom. The van der Waals surface area contributed by atoms with Gasteiger partial charge in [0.2, 0.25) is 0 Å². The fourth-order valence-electron chi connectivity index (χ4n) is 4.32. The van der Waals surface area contributed by atoms with Crippen molar-refractivity contribution in [3.05, 3.63) is 83.6 Å². The highest BCUT2D eigenvalue weighted by Gasteiger charge is 2.24. The number of aliphatic imine (C=N–C) groups is 1. The van der Waals surface area contributed by atoms with Crippen molar-refractivity contribution in [2.45, 2.75) is 45.6 Å². The first kappa shape index (κ1) is 22.1. The summed E-state index contributed by atoms with van der Waals surface area (Å²) in [6, 6.07) is 16.3. The van der Waals surface area contributed by atoms with Gasteiger partial charge in [0.25, 0.3) is 0 Å². The van der Waals surface area contributed by atoms with Crippen LogP contribution in [-0.2, 0) is 0 Å². The molecular weight excluding hydrogens is 404 g/mol. The van der Waals surface area contributed by atoms with Crippen molar-refractivity contribution in [3.8, 4) is 11.1 Å². The van der Waals surface area contributed by atoms with Crippen LogP contribution in [0.3, 0.4) is 0 Å². The van der Waals surface area contributed by atoms with Crippen LogP contribution in [0.15, 0.2) is 65.8 Å². The number of hydrogen-bond acceptors (Lipinski definition) is 3. The highest BCUT2D eigenvalue weighted by Crippen LogP contribution is 2.33. The van der Waals surface area contributed by atoms with Crippen LogP contribution in [0.2, 0.25) is 0 Å². The van der Waals surface area contributed by atoms with E-state index in [2.05, 4.69) is 65.1 Å². The molecule has 5 heteroatoms. The molecule has 1 aliphatic rings. The fraction of sp³-hybridized carbons (Fsp3) is 0.333. The first-order valence-corrected chi connectivity index (χ1v) is 11.4. The summed E-state index contributed by atoms with van der Waals surface area (Å²) in [7, 11) is 0. The second-order valence-corrected chi connectivity index (χ2v) is 8.24. The number of nitrogens with zero attached hydrogens (tertiary/aromatic N) is 3. The Morgan fingerprint density at radius 3 is 2.12 bits per heavy atom. The summed E-state index contributed by atoms with van der Waals surface area (Å²) in [5.41, 5.74) is 3.74. The van der Waals surface area contributed by atoms with Crippen molar-refractivity contribution in [2.24, 2.45) is 4.99 Å². The van der Waals surface area contributed by atoms with Gasteiger partial charge in [-0.05, 0) is 61.1 Å². The van der Waals surface area contributed by atoms with Gasteiger partial charge in [0.05, 0.1) is 11.6 Å². The van der Waals surface area contributed by atoms with Crippen LogP contribution in [0.25, 0.3) is 11.1 Å². The van der Waals surface area contributed by atoms with Crippen LogP contribution >= 0.6 is 0 Å². The minimum absolute atomic E-state index is 0.0120. The summed E-state index contributed by atoms with van der Waals surface area (Å²) >= 11 is 0. The normalized spacial score (nSPS) is 15.6. The molecule has 2 aromatic carbocycles. The van der Waals surface area contributed by atoms with Crippen molar-refractivity contribution in [1.29, 1.82) is 0 Å². The van der Waals surface area contributed by atoms with Gasteiger partial charge in [-0.2, -0.15) is 0 Å². The fourth-order valence-corrected chi connectivity index (χ4v) is 4.32. The zero-order chi connectivity index (χ0) is 22.5. The Hall–Kier alpha value is -3.08. The zero-order valence-corrected chi connectivity index (χ0v) is 18.7. The number of anilines is 1. The van der Waals surface area contributed by atoms with E-state index >= 15 is 0 Å². The summed E-state index contributed by atoms with van der Waals surface area (Å²) in [5, 5.41) is 0. The minimum Gasteiger partial charge on any atom is -0.357 e. The molecule has 0 radical (unpaired) electrons. The third-order valence-corrected chi connectivity index (χ3v) is 5.91. The average Bonchev–Trinajstić information content (AvgIpc) is 3.29. The van der Waals surface area contributed by atoms with Crippen molar-refractivity contribution in [3.63, 3.8) is 0 Å². The lowest BCUT2D eigenvalue weighted by Gasteiger charge is -2.22. The molecule has 0 N–H and O–H groups in total. The van der Waals surface area contributed by atoms with E-state index < -0.39 is 11.6 Å². The SMILES string of the molecule is CCCN(CCC)c1ccc(-c2ccc(C3CCC(c4c(F)cccc4F)=N3)cc2)cn1. The molecule has 0 bridgehead atoms. The Labute approximate surface area is 188 Å². The first-order valence-electron chi connectivity index (χ1n) is 11.4. The molecule has 3 aromatic rings. The Bertz CT molecular complexity index is 1050. The summed E-state index contributed by atoms with van der Waals surface area (Å²) in [6.45, 7) is 6.39. The van der Waals surface area contributed by atoms with E-state index in [1.165, 1.54) is 18.2 Å². The molecule has 0 spiro atoms. The maximum Gasteiger partial charge on any atom is 0.135 e. The predicted molar refractivity (Wildman–Crippen MR) is 127 cm³/mol. The van der Waals surface area contributed by atoms with Gasteiger partial charge in [-0.25, -0.2) is 13.8 Å². The van der Waals surface area contributed by atoms with Gasteiger partial charge in [0.1, 0.15) is 17.5 Å². The monoisotopic (exact) mass is 433 g/mol. The summed E-state index contributed by atoms with van der Waals surface area (Å²) in [5.74, 6) is -0.0819. The molecule has 4 rings (SSSR count). The quantitative estimate of drug-likeness (QED) is 0.383. The average molecular weight is 434 g/mol. The van der Waals surface area contributed by atoms with E-state index in [9.17, 15) is 8.78 Å². The van der Waals surface area contributed by atoms with E-state index in [1.54, 1.807) is 0 Å². The third kappa shape index (κ3) is 4.72. The maximum atomic E-state index is 14.1. The van der Waals surface area contributed by atoms with Gasteiger partial charge in [-0.3, -0.25) is 4.99 Å². The number of hydrogen-bond donors (Lipinski definition) is 0. The van der Waals surface area contributed by atoms with Crippen molar-refractivity contribution in [1.82, 2.24) is 4.98 Å². The van der Waals surface area contributed by atoms with E-state index in [4.69, 9.17) is 0 Å². The van der Waals surface area contributed by atoms with E-state index in [1.807, 2.05) is 6.20 Å². The van der Waals surface area contributed by atoms with Gasteiger partial charge in [0.15, 0.2) is 0 Å². The van der Waals surface area contributed by atoms with Crippen molar-refractivity contribution < 1.29 is 8.78 Å². The van der Waals surface area contributed by atoms with E-state index in [0.717, 1.165) is 54.9 Å². The predicted octanol–water partition coefficient (Wildman–Crippen LogP) is 6.98. The molecule has 32 heavy (non-hydrogen) atoms. The molecule has 0 aliphatic carbocycles. The smallest absolute Gasteiger partial charge is 0.135 e. The highest BCUT2D eigenvalue weighted by atomic mass is 19.1. The Kier molecular flexibility index (Phi) is 6.93. The lowest BCUT2D eigenvalue weighted by atomic mass is 10.00. The molecule has 166 valence electrons. The maximum absolute atomic E-state index is 14.1. The molecule has 1 unspecified atom stereocenters. The standard InChI is InChI=1S/C27H29F2N3/c1-3-16-32(17-4-2)26-15-12-21(18-30-26)19-8-10-20(11-9-19)24-13-14-25(31-24)27-22(28)6-5-7-23(27)29/h5-12,15,18,24H,3-4,13-14,16-17H2,1-2H3. The van der Waals surface area contributed by atoms with Crippen molar-refractivity contribution in [2.75, 3.05) is 18.0 Å². The molecule has 1 atom stereocenters. The van der Waals surface area contributed by atoms with Gasteiger partial charge in [-0.1, -0.05) is 44.2 Å². The Balaban J connectivity index is 1.50. The first-order chi connectivity index (χ1) is 15.6. The molecule has 0 amide bonds. The Morgan fingerprint density at radius 2 is 1.53 bits per heavy atom. The van der Waals surface area contributed by atoms with Crippen LogP contribution in [0, 0.1) is 11.6 Å². The molecular formula is C27H29F2N3. The topological polar surface area (TPSA) is 28.5 Å². The van der Waals surface area contributed by atoms with Crippen LogP contribution < -0.4 is 4.90 Å². The number of benzene rings is 2. The summed E-state index contributed by atoms with van der Waals surface area (Å²) in [4.78, 5) is 11.6.